The van der Waals surface area contributed by atoms with Gasteiger partial charge in [0.2, 0.25) is 0 Å². The summed E-state index contributed by atoms with van der Waals surface area (Å²) in [5, 5.41) is 7.55. The molecular weight excluding hydrogens is 368 g/mol. The van der Waals surface area contributed by atoms with Crippen molar-refractivity contribution in [2.75, 3.05) is 0 Å². The number of hydrogen-bond acceptors (Lipinski definition) is 4. The number of hydrogen-bond donors (Lipinski definition) is 2. The van der Waals surface area contributed by atoms with Crippen LogP contribution in [0.1, 0.15) is 63.2 Å². The Balaban J connectivity index is 1.79. The number of H-pyrrole nitrogens is 2. The van der Waals surface area contributed by atoms with Crippen LogP contribution >= 0.6 is 0 Å². The van der Waals surface area contributed by atoms with Gasteiger partial charge in [-0.15, -0.1) is 0 Å². The van der Waals surface area contributed by atoms with Gasteiger partial charge in [-0.1, -0.05) is 12.8 Å². The van der Waals surface area contributed by atoms with Crippen molar-refractivity contribution in [3.63, 3.8) is 0 Å². The molecule has 0 aliphatic heterocycles. The number of aryl methyl sites for hydroxylation is 2. The van der Waals surface area contributed by atoms with E-state index in [1.54, 1.807) is 23.2 Å². The maximum atomic E-state index is 13.7. The molecular formula is C22H24N4O3. The second kappa shape index (κ2) is 7.66. The van der Waals surface area contributed by atoms with Crippen molar-refractivity contribution in [2.45, 2.75) is 52.1 Å². The molecule has 0 saturated heterocycles. The molecule has 150 valence electrons. The average molecular weight is 392 g/mol. The second-order valence-corrected chi connectivity index (χ2v) is 7.83. The van der Waals surface area contributed by atoms with Crippen molar-refractivity contribution in [1.29, 1.82) is 0 Å². The molecule has 2 heterocycles. The minimum absolute atomic E-state index is 0.0736. The number of fused-ring (bicyclic) bond motifs is 1. The highest BCUT2D eigenvalue weighted by atomic mass is 16.2. The van der Waals surface area contributed by atoms with Crippen LogP contribution in [0.25, 0.3) is 10.9 Å². The number of rotatable bonds is 5. The van der Waals surface area contributed by atoms with Crippen LogP contribution in [-0.2, 0) is 6.54 Å². The Labute approximate surface area is 168 Å². The zero-order valence-corrected chi connectivity index (χ0v) is 16.6. The smallest absolute Gasteiger partial charge is 0.255 e. The monoisotopic (exact) mass is 392 g/mol. The van der Waals surface area contributed by atoms with Crippen LogP contribution in [0.3, 0.4) is 0 Å². The molecule has 4 rings (SSSR count). The molecule has 1 aliphatic carbocycles. The molecule has 1 saturated carbocycles. The summed E-state index contributed by atoms with van der Waals surface area (Å²) in [6.07, 6.45) is 6.28. The van der Waals surface area contributed by atoms with E-state index < -0.39 is 0 Å². The molecule has 0 unspecified atom stereocenters. The summed E-state index contributed by atoms with van der Waals surface area (Å²) in [5.41, 5.74) is 3.62. The molecule has 29 heavy (non-hydrogen) atoms. The normalized spacial score (nSPS) is 14.4. The molecule has 0 atom stereocenters. The molecule has 1 aromatic carbocycles. The van der Waals surface area contributed by atoms with Crippen LogP contribution in [0.4, 0.5) is 0 Å². The third-order valence-electron chi connectivity index (χ3n) is 5.80. The molecule has 0 radical (unpaired) electrons. The van der Waals surface area contributed by atoms with E-state index in [2.05, 4.69) is 15.2 Å². The SMILES string of the molecule is Cc1cc(C)c(CN(C(=O)c2cc(C=O)cc3[nH]ncc23)C2CCCC2)c(=O)[nH]1. The summed E-state index contributed by atoms with van der Waals surface area (Å²) in [7, 11) is 0. The van der Waals surface area contributed by atoms with Gasteiger partial charge in [-0.05, 0) is 50.5 Å². The Morgan fingerprint density at radius 3 is 2.69 bits per heavy atom. The lowest BCUT2D eigenvalue weighted by Crippen LogP contribution is -2.40. The number of carbonyl (C=O) groups is 2. The quantitative estimate of drug-likeness (QED) is 0.651. The summed E-state index contributed by atoms with van der Waals surface area (Å²) >= 11 is 0. The summed E-state index contributed by atoms with van der Waals surface area (Å²) in [6.45, 7) is 3.99. The maximum Gasteiger partial charge on any atom is 0.255 e. The summed E-state index contributed by atoms with van der Waals surface area (Å²) in [6, 6.07) is 5.29. The predicted octanol–water partition coefficient (Wildman–Crippen LogP) is 3.27. The molecule has 1 amide bonds. The first-order valence-electron chi connectivity index (χ1n) is 9.90. The van der Waals surface area contributed by atoms with Gasteiger partial charge < -0.3 is 9.88 Å². The fourth-order valence-corrected chi connectivity index (χ4v) is 4.30. The molecule has 3 aromatic rings. The molecule has 7 nitrogen and oxygen atoms in total. The number of aromatic nitrogens is 3. The third kappa shape index (κ3) is 3.60. The predicted molar refractivity (Wildman–Crippen MR) is 110 cm³/mol. The summed E-state index contributed by atoms with van der Waals surface area (Å²) in [5.74, 6) is -0.175. The van der Waals surface area contributed by atoms with Crippen molar-refractivity contribution < 1.29 is 9.59 Å². The van der Waals surface area contributed by atoms with Crippen molar-refractivity contribution in [1.82, 2.24) is 20.1 Å². The van der Waals surface area contributed by atoms with E-state index in [4.69, 9.17) is 0 Å². The average Bonchev–Trinajstić information content (AvgIpc) is 3.37. The first-order chi connectivity index (χ1) is 14.0. The number of nitrogens with zero attached hydrogens (tertiary/aromatic N) is 2. The van der Waals surface area contributed by atoms with Gasteiger partial charge in [0.15, 0.2) is 0 Å². The number of aldehydes is 1. The Morgan fingerprint density at radius 1 is 1.24 bits per heavy atom. The molecule has 2 N–H and O–H groups in total. The van der Waals surface area contributed by atoms with Gasteiger partial charge in [-0.25, -0.2) is 0 Å². The zero-order valence-electron chi connectivity index (χ0n) is 16.6. The van der Waals surface area contributed by atoms with Crippen molar-refractivity contribution in [2.24, 2.45) is 0 Å². The van der Waals surface area contributed by atoms with Gasteiger partial charge in [0.25, 0.3) is 11.5 Å². The van der Waals surface area contributed by atoms with E-state index in [0.29, 0.717) is 27.6 Å². The van der Waals surface area contributed by atoms with Crippen LogP contribution in [0.15, 0.2) is 29.2 Å². The number of nitrogens with one attached hydrogen (secondary N) is 2. The van der Waals surface area contributed by atoms with Crippen molar-refractivity contribution in [3.8, 4) is 0 Å². The Bertz CT molecular complexity index is 1140. The van der Waals surface area contributed by atoms with Crippen LogP contribution in [-0.4, -0.2) is 38.3 Å². The van der Waals surface area contributed by atoms with E-state index in [-0.39, 0.29) is 24.1 Å². The number of benzene rings is 1. The first kappa shape index (κ1) is 19.1. The first-order valence-corrected chi connectivity index (χ1v) is 9.90. The minimum Gasteiger partial charge on any atom is -0.331 e. The van der Waals surface area contributed by atoms with Crippen molar-refractivity contribution in [3.05, 3.63) is 62.7 Å². The largest absolute Gasteiger partial charge is 0.331 e. The molecule has 0 bridgehead atoms. The maximum absolute atomic E-state index is 13.7. The van der Waals surface area contributed by atoms with Crippen LogP contribution in [0.2, 0.25) is 0 Å². The van der Waals surface area contributed by atoms with Gasteiger partial charge in [-0.2, -0.15) is 5.10 Å². The Morgan fingerprint density at radius 2 is 2.00 bits per heavy atom. The van der Waals surface area contributed by atoms with E-state index in [1.165, 1.54) is 0 Å². The standard InChI is InChI=1S/C22H24N4O3/c1-13-7-14(2)24-21(28)19(13)11-26(16-5-3-4-6-16)22(29)17-8-15(12-27)9-20-18(17)10-23-25-20/h7-10,12,16H,3-6,11H2,1-2H3,(H,23,25)(H,24,28). The van der Waals surface area contributed by atoms with Gasteiger partial charge in [0, 0.05) is 28.2 Å². The Hall–Kier alpha value is -3.22. The van der Waals surface area contributed by atoms with E-state index in [1.807, 2.05) is 19.9 Å². The lowest BCUT2D eigenvalue weighted by molar-refractivity contribution is 0.0665. The number of pyridine rings is 1. The minimum atomic E-state index is -0.175. The van der Waals surface area contributed by atoms with Crippen LogP contribution < -0.4 is 5.56 Å². The molecule has 0 spiro atoms. The van der Waals surface area contributed by atoms with Gasteiger partial charge in [-0.3, -0.25) is 19.5 Å². The topological polar surface area (TPSA) is 98.9 Å². The summed E-state index contributed by atoms with van der Waals surface area (Å²) in [4.78, 5) is 42.3. The van der Waals surface area contributed by atoms with Gasteiger partial charge in [0.1, 0.15) is 6.29 Å². The molecule has 1 fully saturated rings. The van der Waals surface area contributed by atoms with E-state index in [9.17, 15) is 14.4 Å². The highest BCUT2D eigenvalue weighted by Gasteiger charge is 2.30. The molecule has 7 heteroatoms. The van der Waals surface area contributed by atoms with Gasteiger partial charge >= 0.3 is 0 Å². The van der Waals surface area contributed by atoms with Crippen molar-refractivity contribution >= 4 is 23.1 Å². The number of amides is 1. The van der Waals surface area contributed by atoms with Crippen LogP contribution in [0.5, 0.6) is 0 Å². The van der Waals surface area contributed by atoms with E-state index in [0.717, 1.165) is 43.2 Å². The van der Waals surface area contributed by atoms with Crippen LogP contribution in [0, 0.1) is 13.8 Å². The molecule has 1 aliphatic rings. The third-order valence-corrected chi connectivity index (χ3v) is 5.80. The fourth-order valence-electron chi connectivity index (χ4n) is 4.30. The lowest BCUT2D eigenvalue weighted by Gasteiger charge is -2.30. The Kier molecular flexibility index (Phi) is 5.05. The highest BCUT2D eigenvalue weighted by molar-refractivity contribution is 6.08. The zero-order chi connectivity index (χ0) is 20.5. The van der Waals surface area contributed by atoms with Gasteiger partial charge in [0.05, 0.1) is 23.8 Å². The fraction of sp³-hybridized carbons (Fsp3) is 0.364. The number of carbonyl (C=O) groups excluding carboxylic acids is 2. The summed E-state index contributed by atoms with van der Waals surface area (Å²) < 4.78 is 0. The number of aromatic amines is 2. The lowest BCUT2D eigenvalue weighted by atomic mass is 10.0. The second-order valence-electron chi connectivity index (χ2n) is 7.83. The molecule has 2 aromatic heterocycles. The highest BCUT2D eigenvalue weighted by Crippen LogP contribution is 2.29. The van der Waals surface area contributed by atoms with E-state index >= 15 is 0 Å².